The van der Waals surface area contributed by atoms with Crippen molar-refractivity contribution < 1.29 is 9.53 Å². The van der Waals surface area contributed by atoms with Crippen molar-refractivity contribution in [3.63, 3.8) is 0 Å². The second-order valence-corrected chi connectivity index (χ2v) is 4.43. The molecule has 1 amide bonds. The number of benzene rings is 1. The second kappa shape index (κ2) is 4.94. The summed E-state index contributed by atoms with van der Waals surface area (Å²) in [5, 5.41) is 0. The van der Waals surface area contributed by atoms with Crippen molar-refractivity contribution in [3.8, 4) is 5.75 Å². The van der Waals surface area contributed by atoms with Gasteiger partial charge in [0.05, 0.1) is 5.69 Å². The molecule has 0 spiro atoms. The van der Waals surface area contributed by atoms with Crippen LogP contribution in [-0.2, 0) is 4.79 Å². The first kappa shape index (κ1) is 12.2. The Bertz CT molecular complexity index is 437. The van der Waals surface area contributed by atoms with Crippen molar-refractivity contribution in [2.24, 2.45) is 5.73 Å². The second-order valence-electron chi connectivity index (χ2n) is 4.05. The summed E-state index contributed by atoms with van der Waals surface area (Å²) in [6.07, 6.45) is 0.707. The third-order valence-corrected chi connectivity index (χ3v) is 3.14. The van der Waals surface area contributed by atoms with E-state index in [0.717, 1.165) is 11.3 Å². The molecule has 92 valence electrons. The Morgan fingerprint density at radius 3 is 3.06 bits per heavy atom. The minimum Gasteiger partial charge on any atom is -0.482 e. The molecule has 1 heterocycles. The number of alkyl halides is 1. The molecule has 0 fully saturated rings. The Balaban J connectivity index is 2.32. The summed E-state index contributed by atoms with van der Waals surface area (Å²) in [7, 11) is 1.74. The number of fused-ring (bicyclic) bond motifs is 1. The van der Waals surface area contributed by atoms with Crippen molar-refractivity contribution in [1.82, 2.24) is 0 Å². The molecule has 1 atom stereocenters. The molecular formula is C12H15ClN2O2. The number of nitrogens with two attached hydrogens (primary N) is 1. The van der Waals surface area contributed by atoms with E-state index in [1.165, 1.54) is 0 Å². The fraction of sp³-hybridized carbons (Fsp3) is 0.417. The predicted molar refractivity (Wildman–Crippen MR) is 67.6 cm³/mol. The first-order valence-electron chi connectivity index (χ1n) is 5.48. The van der Waals surface area contributed by atoms with Crippen LogP contribution in [0.1, 0.15) is 18.0 Å². The number of amides is 1. The molecule has 2 rings (SSSR count). The van der Waals surface area contributed by atoms with E-state index in [1.807, 2.05) is 18.2 Å². The molecule has 5 heteroatoms. The highest BCUT2D eigenvalue weighted by Gasteiger charge is 2.22. The number of carbonyl (C=O) groups is 1. The number of likely N-dealkylation sites (N-methyl/N-ethyl adjacent to an activating group) is 1. The number of hydrogen-bond donors (Lipinski definition) is 1. The van der Waals surface area contributed by atoms with E-state index in [2.05, 4.69) is 0 Å². The zero-order chi connectivity index (χ0) is 12.4. The molecule has 0 aromatic heterocycles. The van der Waals surface area contributed by atoms with Gasteiger partial charge in [0.2, 0.25) is 0 Å². The monoisotopic (exact) mass is 254 g/mol. The lowest BCUT2D eigenvalue weighted by Gasteiger charge is -2.27. The van der Waals surface area contributed by atoms with E-state index >= 15 is 0 Å². The minimum absolute atomic E-state index is 0.0550. The molecule has 2 N–H and O–H groups in total. The third-order valence-electron chi connectivity index (χ3n) is 2.92. The molecule has 0 saturated carbocycles. The lowest BCUT2D eigenvalue weighted by atomic mass is 10.0. The Morgan fingerprint density at radius 2 is 2.35 bits per heavy atom. The van der Waals surface area contributed by atoms with Crippen molar-refractivity contribution in [1.29, 1.82) is 0 Å². The lowest BCUT2D eigenvalue weighted by molar-refractivity contribution is -0.120. The maximum atomic E-state index is 11.5. The summed E-state index contributed by atoms with van der Waals surface area (Å²) >= 11 is 5.67. The molecule has 1 aliphatic heterocycles. The topological polar surface area (TPSA) is 55.6 Å². The van der Waals surface area contributed by atoms with Crippen LogP contribution < -0.4 is 15.4 Å². The van der Waals surface area contributed by atoms with Crippen LogP contribution in [0, 0.1) is 0 Å². The number of rotatable bonds is 3. The minimum atomic E-state index is -0.108. The summed E-state index contributed by atoms with van der Waals surface area (Å²) < 4.78 is 5.34. The number of ether oxygens (including phenoxy) is 1. The Morgan fingerprint density at radius 1 is 1.59 bits per heavy atom. The Kier molecular flexibility index (Phi) is 3.54. The number of hydrogen-bond acceptors (Lipinski definition) is 3. The highest BCUT2D eigenvalue weighted by atomic mass is 35.5. The van der Waals surface area contributed by atoms with E-state index in [9.17, 15) is 4.79 Å². The van der Waals surface area contributed by atoms with Gasteiger partial charge in [-0.1, -0.05) is 6.07 Å². The van der Waals surface area contributed by atoms with Gasteiger partial charge in [0.15, 0.2) is 6.61 Å². The molecule has 0 aliphatic carbocycles. The summed E-state index contributed by atoms with van der Waals surface area (Å²) in [6.45, 7) is 0.0938. The highest BCUT2D eigenvalue weighted by molar-refractivity contribution is 6.17. The van der Waals surface area contributed by atoms with Crippen LogP contribution in [0.5, 0.6) is 5.75 Å². The molecule has 4 nitrogen and oxygen atoms in total. The first-order chi connectivity index (χ1) is 8.13. The van der Waals surface area contributed by atoms with Crippen LogP contribution in [0.25, 0.3) is 0 Å². The standard InChI is InChI=1S/C12H15ClN2O2/c1-15-10-6-8(9(14)4-5-13)2-3-11(10)17-7-12(15)16/h2-3,6,9H,4-5,7,14H2,1H3. The highest BCUT2D eigenvalue weighted by Crippen LogP contribution is 2.33. The lowest BCUT2D eigenvalue weighted by Crippen LogP contribution is -2.35. The SMILES string of the molecule is CN1C(=O)COc2ccc(C(N)CCCl)cc21. The molecule has 0 saturated heterocycles. The van der Waals surface area contributed by atoms with Gasteiger partial charge in [0.1, 0.15) is 5.75 Å². The Hall–Kier alpha value is -1.26. The van der Waals surface area contributed by atoms with E-state index in [-0.39, 0.29) is 18.6 Å². The van der Waals surface area contributed by atoms with Crippen molar-refractivity contribution >= 4 is 23.2 Å². The zero-order valence-electron chi connectivity index (χ0n) is 9.65. The molecular weight excluding hydrogens is 240 g/mol. The van der Waals surface area contributed by atoms with Crippen LogP contribution in [0.3, 0.4) is 0 Å². The number of halogens is 1. The van der Waals surface area contributed by atoms with Gasteiger partial charge in [0, 0.05) is 19.0 Å². The smallest absolute Gasteiger partial charge is 0.264 e. The van der Waals surface area contributed by atoms with Gasteiger partial charge >= 0.3 is 0 Å². The average Bonchev–Trinajstić information content (AvgIpc) is 2.34. The quantitative estimate of drug-likeness (QED) is 0.835. The normalized spacial score (nSPS) is 16.4. The van der Waals surface area contributed by atoms with E-state index in [0.29, 0.717) is 18.1 Å². The van der Waals surface area contributed by atoms with Crippen molar-refractivity contribution in [3.05, 3.63) is 23.8 Å². The van der Waals surface area contributed by atoms with Gasteiger partial charge < -0.3 is 15.4 Å². The Labute approximate surface area is 105 Å². The summed E-state index contributed by atoms with van der Waals surface area (Å²) in [5.41, 5.74) is 7.72. The fourth-order valence-corrected chi connectivity index (χ4v) is 2.04. The van der Waals surface area contributed by atoms with Crippen molar-refractivity contribution in [2.45, 2.75) is 12.5 Å². The number of nitrogens with zero attached hydrogens (tertiary/aromatic N) is 1. The van der Waals surface area contributed by atoms with E-state index < -0.39 is 0 Å². The predicted octanol–water partition coefficient (Wildman–Crippen LogP) is 1.67. The van der Waals surface area contributed by atoms with Gasteiger partial charge in [-0.25, -0.2) is 0 Å². The molecule has 1 aromatic carbocycles. The van der Waals surface area contributed by atoms with Gasteiger partial charge in [0.25, 0.3) is 5.91 Å². The van der Waals surface area contributed by atoms with Gasteiger partial charge in [-0.05, 0) is 24.1 Å². The van der Waals surface area contributed by atoms with Crippen LogP contribution in [-0.4, -0.2) is 25.4 Å². The van der Waals surface area contributed by atoms with Gasteiger partial charge in [-0.3, -0.25) is 4.79 Å². The molecule has 1 unspecified atom stereocenters. The summed E-state index contributed by atoms with van der Waals surface area (Å²) in [5.74, 6) is 1.18. The van der Waals surface area contributed by atoms with Crippen molar-refractivity contribution in [2.75, 3.05) is 24.4 Å². The molecule has 1 aliphatic rings. The van der Waals surface area contributed by atoms with Crippen LogP contribution in [0.2, 0.25) is 0 Å². The third kappa shape index (κ3) is 2.37. The number of carbonyl (C=O) groups excluding carboxylic acids is 1. The van der Waals surface area contributed by atoms with Crippen LogP contribution >= 0.6 is 11.6 Å². The summed E-state index contributed by atoms with van der Waals surface area (Å²) in [6, 6.07) is 5.55. The van der Waals surface area contributed by atoms with E-state index in [1.54, 1.807) is 11.9 Å². The first-order valence-corrected chi connectivity index (χ1v) is 6.01. The average molecular weight is 255 g/mol. The zero-order valence-corrected chi connectivity index (χ0v) is 10.4. The van der Waals surface area contributed by atoms with E-state index in [4.69, 9.17) is 22.1 Å². The molecule has 0 bridgehead atoms. The number of anilines is 1. The molecule has 0 radical (unpaired) electrons. The van der Waals surface area contributed by atoms with Crippen LogP contribution in [0.4, 0.5) is 5.69 Å². The maximum absolute atomic E-state index is 11.5. The van der Waals surface area contributed by atoms with Crippen LogP contribution in [0.15, 0.2) is 18.2 Å². The maximum Gasteiger partial charge on any atom is 0.264 e. The fourth-order valence-electron chi connectivity index (χ4n) is 1.80. The largest absolute Gasteiger partial charge is 0.482 e. The molecule has 1 aromatic rings. The summed E-state index contributed by atoms with van der Waals surface area (Å²) in [4.78, 5) is 13.1. The van der Waals surface area contributed by atoms with Gasteiger partial charge in [-0.15, -0.1) is 11.6 Å². The van der Waals surface area contributed by atoms with Gasteiger partial charge in [-0.2, -0.15) is 0 Å². The molecule has 17 heavy (non-hydrogen) atoms.